The molecule has 0 atom stereocenters. The highest BCUT2D eigenvalue weighted by atomic mass is 16.5. The second-order valence-electron chi connectivity index (χ2n) is 6.31. The molecule has 0 aliphatic heterocycles. The average molecular weight is 339 g/mol. The van der Waals surface area contributed by atoms with Crippen LogP contribution in [0.3, 0.4) is 0 Å². The zero-order chi connectivity index (χ0) is 18.1. The van der Waals surface area contributed by atoms with E-state index in [1.165, 1.54) is 0 Å². The van der Waals surface area contributed by atoms with E-state index >= 15 is 0 Å². The van der Waals surface area contributed by atoms with Crippen molar-refractivity contribution in [2.45, 2.75) is 33.9 Å². The number of fused-ring (bicyclic) bond motifs is 1. The summed E-state index contributed by atoms with van der Waals surface area (Å²) < 4.78 is 7.03. The lowest BCUT2D eigenvalue weighted by atomic mass is 10.1. The summed E-state index contributed by atoms with van der Waals surface area (Å²) in [5.41, 5.74) is 3.23. The van der Waals surface area contributed by atoms with Crippen LogP contribution in [0.1, 0.15) is 22.7 Å². The molecule has 0 saturated carbocycles. The first kappa shape index (κ1) is 17.0. The highest BCUT2D eigenvalue weighted by molar-refractivity contribution is 5.82. The van der Waals surface area contributed by atoms with Crippen molar-refractivity contribution in [3.05, 3.63) is 63.3 Å². The van der Waals surface area contributed by atoms with Gasteiger partial charge in [0, 0.05) is 29.8 Å². The first-order valence-corrected chi connectivity index (χ1v) is 8.13. The van der Waals surface area contributed by atoms with E-state index in [4.69, 9.17) is 4.52 Å². The number of hydrogen-bond acceptors (Lipinski definition) is 4. The van der Waals surface area contributed by atoms with Gasteiger partial charge in [-0.2, -0.15) is 0 Å². The molecule has 0 fully saturated rings. The molecular weight excluding hydrogens is 318 g/mol. The summed E-state index contributed by atoms with van der Waals surface area (Å²) in [6.45, 7) is 6.16. The Morgan fingerprint density at radius 3 is 2.64 bits per heavy atom. The minimum Gasteiger partial charge on any atom is -0.361 e. The van der Waals surface area contributed by atoms with Gasteiger partial charge in [0.15, 0.2) is 5.43 Å². The normalized spacial score (nSPS) is 11.0. The van der Waals surface area contributed by atoms with Crippen molar-refractivity contribution >= 4 is 16.8 Å². The molecule has 2 aromatic heterocycles. The first-order chi connectivity index (χ1) is 11.9. The largest absolute Gasteiger partial charge is 0.361 e. The summed E-state index contributed by atoms with van der Waals surface area (Å²) in [4.78, 5) is 26.5. The van der Waals surface area contributed by atoms with Crippen LogP contribution in [0.4, 0.5) is 0 Å². The Kier molecular flexibility index (Phi) is 4.44. The van der Waals surface area contributed by atoms with Crippen molar-refractivity contribution in [1.82, 2.24) is 14.6 Å². The molecule has 130 valence electrons. The average Bonchev–Trinajstić information content (AvgIpc) is 2.90. The lowest BCUT2D eigenvalue weighted by Gasteiger charge is -2.20. The lowest BCUT2D eigenvalue weighted by Crippen LogP contribution is -2.31. The molecular formula is C19H21N3O3. The van der Waals surface area contributed by atoms with Crippen molar-refractivity contribution in [2.24, 2.45) is 0 Å². The van der Waals surface area contributed by atoms with Gasteiger partial charge in [-0.05, 0) is 32.9 Å². The Morgan fingerprint density at radius 2 is 1.96 bits per heavy atom. The fourth-order valence-electron chi connectivity index (χ4n) is 2.97. The number of rotatable bonds is 4. The van der Waals surface area contributed by atoms with E-state index in [-0.39, 0.29) is 17.9 Å². The number of nitrogens with zero attached hydrogens (tertiary/aromatic N) is 3. The fourth-order valence-corrected chi connectivity index (χ4v) is 2.97. The van der Waals surface area contributed by atoms with Crippen LogP contribution in [0.25, 0.3) is 10.9 Å². The quantitative estimate of drug-likeness (QED) is 0.733. The van der Waals surface area contributed by atoms with E-state index in [9.17, 15) is 9.59 Å². The molecule has 25 heavy (non-hydrogen) atoms. The van der Waals surface area contributed by atoms with Crippen molar-refractivity contribution in [2.75, 3.05) is 7.05 Å². The number of aryl methyl sites for hydroxylation is 3. The molecule has 0 aliphatic rings. The van der Waals surface area contributed by atoms with Gasteiger partial charge in [-0.15, -0.1) is 0 Å². The standard InChI is InChI=1S/C19H21N3O3/c1-12-9-18(23)15-7-5-6-8-17(15)22(12)11-19(24)21(4)10-16-13(2)20-25-14(16)3/h5-9H,10-11H2,1-4H3. The van der Waals surface area contributed by atoms with E-state index in [0.717, 1.165) is 28.2 Å². The predicted octanol–water partition coefficient (Wildman–Crippen LogP) is 2.57. The molecule has 3 aromatic rings. The van der Waals surface area contributed by atoms with Crippen molar-refractivity contribution in [3.8, 4) is 0 Å². The van der Waals surface area contributed by atoms with E-state index < -0.39 is 0 Å². The molecule has 6 nitrogen and oxygen atoms in total. The van der Waals surface area contributed by atoms with Gasteiger partial charge < -0.3 is 14.0 Å². The number of benzene rings is 1. The Morgan fingerprint density at radius 1 is 1.24 bits per heavy atom. The molecule has 6 heteroatoms. The third-order valence-electron chi connectivity index (χ3n) is 4.52. The van der Waals surface area contributed by atoms with Crippen molar-refractivity contribution in [1.29, 1.82) is 0 Å². The minimum absolute atomic E-state index is 0.0270. The van der Waals surface area contributed by atoms with Gasteiger partial charge in [-0.3, -0.25) is 9.59 Å². The summed E-state index contributed by atoms with van der Waals surface area (Å²) in [7, 11) is 1.76. The summed E-state index contributed by atoms with van der Waals surface area (Å²) in [5, 5.41) is 4.54. The zero-order valence-corrected chi connectivity index (χ0v) is 14.9. The summed E-state index contributed by atoms with van der Waals surface area (Å²) in [6.07, 6.45) is 0. The molecule has 0 saturated heterocycles. The summed E-state index contributed by atoms with van der Waals surface area (Å²) >= 11 is 0. The lowest BCUT2D eigenvalue weighted by molar-refractivity contribution is -0.131. The molecule has 0 spiro atoms. The monoisotopic (exact) mass is 339 g/mol. The number of pyridine rings is 1. The Bertz CT molecular complexity index is 981. The van der Waals surface area contributed by atoms with Crippen LogP contribution in [0.2, 0.25) is 0 Å². The Labute approximate surface area is 145 Å². The van der Waals surface area contributed by atoms with Gasteiger partial charge in [0.1, 0.15) is 12.3 Å². The highest BCUT2D eigenvalue weighted by Gasteiger charge is 2.17. The van der Waals surface area contributed by atoms with Crippen molar-refractivity contribution < 1.29 is 9.32 Å². The molecule has 0 N–H and O–H groups in total. The van der Waals surface area contributed by atoms with Crippen LogP contribution in [0.15, 0.2) is 39.6 Å². The number of para-hydroxylation sites is 1. The van der Waals surface area contributed by atoms with Crippen LogP contribution in [0, 0.1) is 20.8 Å². The van der Waals surface area contributed by atoms with Gasteiger partial charge in [0.05, 0.1) is 17.8 Å². The van der Waals surface area contributed by atoms with Crippen LogP contribution >= 0.6 is 0 Å². The SMILES string of the molecule is Cc1noc(C)c1CN(C)C(=O)Cn1c(C)cc(=O)c2ccccc21. The minimum atomic E-state index is -0.0445. The molecule has 1 aromatic carbocycles. The Balaban J connectivity index is 1.88. The van der Waals surface area contributed by atoms with Gasteiger partial charge in [0.25, 0.3) is 0 Å². The molecule has 0 radical (unpaired) electrons. The number of carbonyl (C=O) groups excluding carboxylic acids is 1. The smallest absolute Gasteiger partial charge is 0.242 e. The summed E-state index contributed by atoms with van der Waals surface area (Å²) in [5.74, 6) is 0.680. The Hall–Kier alpha value is -2.89. The molecule has 2 heterocycles. The van der Waals surface area contributed by atoms with Crippen LogP contribution < -0.4 is 5.43 Å². The van der Waals surface area contributed by atoms with Gasteiger partial charge in [-0.25, -0.2) is 0 Å². The number of amides is 1. The van der Waals surface area contributed by atoms with Crippen LogP contribution in [0.5, 0.6) is 0 Å². The van der Waals surface area contributed by atoms with Gasteiger partial charge in [0.2, 0.25) is 5.91 Å². The maximum atomic E-state index is 12.7. The highest BCUT2D eigenvalue weighted by Crippen LogP contribution is 2.16. The molecule has 0 aliphatic carbocycles. The summed E-state index contributed by atoms with van der Waals surface area (Å²) in [6, 6.07) is 8.92. The molecule has 0 unspecified atom stereocenters. The maximum absolute atomic E-state index is 12.7. The molecule has 0 bridgehead atoms. The molecule has 3 rings (SSSR count). The second-order valence-corrected chi connectivity index (χ2v) is 6.31. The number of hydrogen-bond donors (Lipinski definition) is 0. The number of aromatic nitrogens is 2. The van der Waals surface area contributed by atoms with E-state index in [0.29, 0.717) is 11.9 Å². The fraction of sp³-hybridized carbons (Fsp3) is 0.316. The van der Waals surface area contributed by atoms with Gasteiger partial charge in [-0.1, -0.05) is 17.3 Å². The zero-order valence-electron chi connectivity index (χ0n) is 14.9. The van der Waals surface area contributed by atoms with Crippen LogP contribution in [-0.2, 0) is 17.9 Å². The number of carbonyl (C=O) groups is 1. The maximum Gasteiger partial charge on any atom is 0.242 e. The van der Waals surface area contributed by atoms with Gasteiger partial charge >= 0.3 is 0 Å². The van der Waals surface area contributed by atoms with Crippen LogP contribution in [-0.4, -0.2) is 27.6 Å². The second kappa shape index (κ2) is 6.55. The third-order valence-corrected chi connectivity index (χ3v) is 4.52. The topological polar surface area (TPSA) is 68.3 Å². The molecule has 1 amide bonds. The van der Waals surface area contributed by atoms with E-state index in [2.05, 4.69) is 5.16 Å². The van der Waals surface area contributed by atoms with Crippen molar-refractivity contribution in [3.63, 3.8) is 0 Å². The number of likely N-dealkylation sites (N-methyl/N-ethyl adjacent to an activating group) is 1. The predicted molar refractivity (Wildman–Crippen MR) is 95.4 cm³/mol. The van der Waals surface area contributed by atoms with E-state index in [1.807, 2.05) is 43.5 Å². The first-order valence-electron chi connectivity index (χ1n) is 8.13. The third kappa shape index (κ3) is 3.20. The van der Waals surface area contributed by atoms with E-state index in [1.54, 1.807) is 24.1 Å².